The summed E-state index contributed by atoms with van der Waals surface area (Å²) in [4.78, 5) is 13.1. The fourth-order valence-electron chi connectivity index (χ4n) is 4.42. The number of hydrogen-bond acceptors (Lipinski definition) is 2. The van der Waals surface area contributed by atoms with Crippen LogP contribution in [0.5, 0.6) is 5.75 Å². The fourth-order valence-corrected chi connectivity index (χ4v) is 5.40. The minimum Gasteiger partial charge on any atom is -0.496 e. The van der Waals surface area contributed by atoms with E-state index in [-0.39, 0.29) is 0 Å². The van der Waals surface area contributed by atoms with Gasteiger partial charge in [-0.1, -0.05) is 118 Å². The number of ether oxygens (including phenoxy) is 1. The maximum atomic E-state index is 12.4. The van der Waals surface area contributed by atoms with E-state index in [1.54, 1.807) is 7.11 Å². The van der Waals surface area contributed by atoms with E-state index < -0.39 is 0 Å². The van der Waals surface area contributed by atoms with Crippen molar-refractivity contribution < 1.29 is 9.53 Å². The van der Waals surface area contributed by atoms with Gasteiger partial charge < -0.3 is 4.74 Å². The molecule has 0 heterocycles. The molecule has 2 nitrogen and oxygen atoms in total. The lowest BCUT2D eigenvalue weighted by Gasteiger charge is -2.08. The van der Waals surface area contributed by atoms with Gasteiger partial charge in [-0.2, -0.15) is 0 Å². The average molecular weight is 582 g/mol. The van der Waals surface area contributed by atoms with Crippen molar-refractivity contribution in [3.8, 4) is 5.75 Å². The summed E-state index contributed by atoms with van der Waals surface area (Å²) in [6, 6.07) is 10.3. The summed E-state index contributed by atoms with van der Waals surface area (Å²) in [7, 11) is 1.68. The quantitative estimate of drug-likeness (QED) is 0.129. The number of alkyl halides is 1. The van der Waals surface area contributed by atoms with Gasteiger partial charge in [0.15, 0.2) is 0 Å². The Bertz CT molecular complexity index is 832. The van der Waals surface area contributed by atoms with Crippen molar-refractivity contribution in [2.75, 3.05) is 7.11 Å². The Morgan fingerprint density at radius 1 is 0.848 bits per heavy atom. The first-order valence-corrected chi connectivity index (χ1v) is 14.6. The van der Waals surface area contributed by atoms with Gasteiger partial charge in [0.2, 0.25) is 0 Å². The third kappa shape index (κ3) is 11.4. The summed E-state index contributed by atoms with van der Waals surface area (Å²) in [5.74, 6) is 1.19. The number of carbonyl (C=O) groups excluding carboxylic acids is 1. The van der Waals surface area contributed by atoms with Crippen molar-refractivity contribution >= 4 is 48.4 Å². The molecular formula is C29H42Br2O2. The van der Waals surface area contributed by atoms with E-state index in [0.717, 1.165) is 33.0 Å². The van der Waals surface area contributed by atoms with Crippen LogP contribution >= 0.6 is 31.9 Å². The number of Topliss-reactive ketones (excluding diaryl/α,β-unsaturated/α-hetero) is 1. The Balaban J connectivity index is 1.49. The van der Waals surface area contributed by atoms with Crippen LogP contribution in [0.2, 0.25) is 0 Å². The van der Waals surface area contributed by atoms with Crippen molar-refractivity contribution in [2.45, 2.75) is 108 Å². The minimum atomic E-state index is 0.354. The third-order valence-corrected chi connectivity index (χ3v) is 7.69. The molecule has 33 heavy (non-hydrogen) atoms. The highest BCUT2D eigenvalue weighted by Gasteiger charge is 2.08. The molecule has 2 aromatic rings. The molecule has 4 heteroatoms. The molecule has 0 aliphatic heterocycles. The molecule has 2 aromatic carbocycles. The van der Waals surface area contributed by atoms with Crippen molar-refractivity contribution in [1.29, 1.82) is 0 Å². The van der Waals surface area contributed by atoms with E-state index in [4.69, 9.17) is 4.74 Å². The van der Waals surface area contributed by atoms with Crippen LogP contribution in [0, 0.1) is 0 Å². The van der Waals surface area contributed by atoms with Gasteiger partial charge in [-0.3, -0.25) is 4.79 Å². The summed E-state index contributed by atoms with van der Waals surface area (Å²) in [6.07, 6.45) is 18.4. The Morgan fingerprint density at radius 3 is 2.00 bits per heavy atom. The lowest BCUT2D eigenvalue weighted by Crippen LogP contribution is -2.02. The number of halogens is 2. The minimum absolute atomic E-state index is 0.354. The first-order chi connectivity index (χ1) is 16.0. The van der Waals surface area contributed by atoms with E-state index in [0.29, 0.717) is 23.5 Å². The maximum absolute atomic E-state index is 12.4. The molecule has 0 bridgehead atoms. The van der Waals surface area contributed by atoms with E-state index in [9.17, 15) is 4.79 Å². The first kappa shape index (κ1) is 28.4. The van der Waals surface area contributed by atoms with Crippen molar-refractivity contribution in [1.82, 2.24) is 0 Å². The van der Waals surface area contributed by atoms with Gasteiger partial charge in [0.1, 0.15) is 11.5 Å². The molecule has 1 atom stereocenters. The van der Waals surface area contributed by atoms with Crippen LogP contribution in [0.15, 0.2) is 34.8 Å². The van der Waals surface area contributed by atoms with E-state index >= 15 is 0 Å². The predicted molar refractivity (Wildman–Crippen MR) is 150 cm³/mol. The lowest BCUT2D eigenvalue weighted by molar-refractivity contribution is -0.118. The summed E-state index contributed by atoms with van der Waals surface area (Å²) in [5.41, 5.74) is 1.10. The monoisotopic (exact) mass is 580 g/mol. The highest BCUT2D eigenvalue weighted by molar-refractivity contribution is 9.10. The average Bonchev–Trinajstić information content (AvgIpc) is 2.79. The molecule has 0 saturated carbocycles. The first-order valence-electron chi connectivity index (χ1n) is 12.9. The van der Waals surface area contributed by atoms with Gasteiger partial charge in [0.05, 0.1) is 11.6 Å². The van der Waals surface area contributed by atoms with Crippen molar-refractivity contribution in [3.63, 3.8) is 0 Å². The van der Waals surface area contributed by atoms with Crippen LogP contribution in [0.3, 0.4) is 0 Å². The van der Waals surface area contributed by atoms with Crippen LogP contribution in [-0.2, 0) is 11.2 Å². The summed E-state index contributed by atoms with van der Waals surface area (Å²) >= 11 is 7.23. The number of methoxy groups -OCH3 is 1. The largest absolute Gasteiger partial charge is 0.496 e. The van der Waals surface area contributed by atoms with Crippen LogP contribution in [0.1, 0.15) is 102 Å². The molecule has 0 aliphatic rings. The number of fused-ring (bicyclic) bond motifs is 1. The molecular weight excluding hydrogens is 540 g/mol. The third-order valence-electron chi connectivity index (χ3n) is 6.41. The van der Waals surface area contributed by atoms with Gasteiger partial charge in [0.25, 0.3) is 0 Å². The Labute approximate surface area is 218 Å². The molecule has 0 radical (unpaired) electrons. The molecule has 1 unspecified atom stereocenters. The molecule has 0 amide bonds. The van der Waals surface area contributed by atoms with Gasteiger partial charge in [-0.05, 0) is 51.2 Å². The number of carbonyl (C=O) groups is 1. The van der Waals surface area contributed by atoms with Gasteiger partial charge in [-0.25, -0.2) is 0 Å². The van der Waals surface area contributed by atoms with Gasteiger partial charge in [0, 0.05) is 17.7 Å². The highest BCUT2D eigenvalue weighted by atomic mass is 79.9. The van der Waals surface area contributed by atoms with E-state index in [1.807, 2.05) is 6.07 Å². The summed E-state index contributed by atoms with van der Waals surface area (Å²) in [6.45, 7) is 2.24. The van der Waals surface area contributed by atoms with E-state index in [1.165, 1.54) is 77.0 Å². The maximum Gasteiger partial charge on any atom is 0.137 e. The Morgan fingerprint density at radius 2 is 1.42 bits per heavy atom. The van der Waals surface area contributed by atoms with Crippen molar-refractivity contribution in [3.05, 3.63) is 40.4 Å². The zero-order chi connectivity index (χ0) is 23.9. The number of unbranched alkanes of at least 4 members (excludes halogenated alkanes) is 11. The molecule has 0 fully saturated rings. The number of rotatable bonds is 18. The zero-order valence-corrected chi connectivity index (χ0v) is 23.8. The number of hydrogen-bond donors (Lipinski definition) is 0. The number of benzene rings is 2. The SMILES string of the molecule is COc1ccc2cc(CC(=O)CCCCCCCCCCCCCCC(C)Br)ccc2c1Br. The molecule has 184 valence electrons. The second kappa shape index (κ2) is 16.7. The van der Waals surface area contributed by atoms with Crippen molar-refractivity contribution in [2.24, 2.45) is 0 Å². The van der Waals surface area contributed by atoms with Gasteiger partial charge >= 0.3 is 0 Å². The summed E-state index contributed by atoms with van der Waals surface area (Å²) in [5, 5.41) is 2.25. The zero-order valence-electron chi connectivity index (χ0n) is 20.6. The molecule has 0 saturated heterocycles. The summed E-state index contributed by atoms with van der Waals surface area (Å²) < 4.78 is 6.33. The normalized spacial score (nSPS) is 12.2. The van der Waals surface area contributed by atoms with Crippen LogP contribution in [0.4, 0.5) is 0 Å². The van der Waals surface area contributed by atoms with E-state index in [2.05, 4.69) is 63.0 Å². The Kier molecular flexibility index (Phi) is 14.4. The smallest absolute Gasteiger partial charge is 0.137 e. The second-order valence-corrected chi connectivity index (χ2v) is 11.8. The van der Waals surface area contributed by atoms with Crippen LogP contribution in [0.25, 0.3) is 10.8 Å². The lowest BCUT2D eigenvalue weighted by atomic mass is 10.00. The molecule has 0 spiro atoms. The topological polar surface area (TPSA) is 26.3 Å². The second-order valence-electron chi connectivity index (χ2n) is 9.41. The molecule has 0 N–H and O–H groups in total. The van der Waals surface area contributed by atoms with Crippen LogP contribution < -0.4 is 4.74 Å². The molecule has 2 rings (SSSR count). The predicted octanol–water partition coefficient (Wildman–Crippen LogP) is 9.97. The highest BCUT2D eigenvalue weighted by Crippen LogP contribution is 2.33. The Hall–Kier alpha value is -0.870. The standard InChI is InChI=1S/C29H42Br2O2/c1-23(30)15-13-11-9-7-5-3-4-6-8-10-12-14-16-26(32)22-24-17-19-27-25(21-24)18-20-28(33-2)29(27)31/h17-21,23H,3-16,22H2,1-2H3. The number of ketones is 1. The fraction of sp³-hybridized carbons (Fsp3) is 0.621. The van der Waals surface area contributed by atoms with Gasteiger partial charge in [-0.15, -0.1) is 0 Å². The molecule has 0 aliphatic carbocycles. The molecule has 0 aromatic heterocycles. The van der Waals surface area contributed by atoms with Crippen LogP contribution in [-0.4, -0.2) is 17.7 Å².